The molecule has 0 aliphatic rings. The first-order chi connectivity index (χ1) is 11.1. The molecule has 0 unspecified atom stereocenters. The maximum absolute atomic E-state index is 11.9. The SMILES string of the molecule is CC(C)C(=O)Nc1ccc(C(=O)N/N=C/c2cccnc2)cc1. The summed E-state index contributed by atoms with van der Waals surface area (Å²) in [7, 11) is 0. The second kappa shape index (κ2) is 7.84. The van der Waals surface area contributed by atoms with Crippen molar-refractivity contribution in [1.82, 2.24) is 10.4 Å². The molecule has 0 spiro atoms. The minimum Gasteiger partial charge on any atom is -0.326 e. The van der Waals surface area contributed by atoms with E-state index in [4.69, 9.17) is 0 Å². The van der Waals surface area contributed by atoms with Gasteiger partial charge < -0.3 is 5.32 Å². The molecule has 2 aromatic rings. The summed E-state index contributed by atoms with van der Waals surface area (Å²) in [5.41, 5.74) is 4.34. The Morgan fingerprint density at radius 1 is 1.17 bits per heavy atom. The third-order valence-corrected chi connectivity index (χ3v) is 3.00. The van der Waals surface area contributed by atoms with E-state index in [1.807, 2.05) is 19.9 Å². The van der Waals surface area contributed by atoms with Crippen LogP contribution in [-0.2, 0) is 4.79 Å². The van der Waals surface area contributed by atoms with Gasteiger partial charge in [0.05, 0.1) is 6.21 Å². The molecule has 0 radical (unpaired) electrons. The van der Waals surface area contributed by atoms with Crippen LogP contribution in [0.1, 0.15) is 29.8 Å². The highest BCUT2D eigenvalue weighted by molar-refractivity contribution is 5.96. The number of hydrogen-bond acceptors (Lipinski definition) is 4. The molecule has 0 aliphatic carbocycles. The van der Waals surface area contributed by atoms with Gasteiger partial charge in [0, 0.05) is 35.1 Å². The summed E-state index contributed by atoms with van der Waals surface area (Å²) in [6.45, 7) is 3.63. The van der Waals surface area contributed by atoms with Crippen LogP contribution in [0.4, 0.5) is 5.69 Å². The van der Waals surface area contributed by atoms with Gasteiger partial charge in [0.15, 0.2) is 0 Å². The van der Waals surface area contributed by atoms with Crippen molar-refractivity contribution in [2.45, 2.75) is 13.8 Å². The molecule has 0 bridgehead atoms. The molecular weight excluding hydrogens is 292 g/mol. The molecular formula is C17H18N4O2. The van der Waals surface area contributed by atoms with Gasteiger partial charge in [-0.25, -0.2) is 5.43 Å². The highest BCUT2D eigenvalue weighted by Crippen LogP contribution is 2.11. The summed E-state index contributed by atoms with van der Waals surface area (Å²) in [5, 5.41) is 6.64. The fourth-order valence-electron chi connectivity index (χ4n) is 1.67. The molecule has 2 N–H and O–H groups in total. The zero-order chi connectivity index (χ0) is 16.7. The fourth-order valence-corrected chi connectivity index (χ4v) is 1.67. The Balaban J connectivity index is 1.92. The number of nitrogens with zero attached hydrogens (tertiary/aromatic N) is 2. The monoisotopic (exact) mass is 310 g/mol. The van der Waals surface area contributed by atoms with Crippen molar-refractivity contribution in [2.75, 3.05) is 5.32 Å². The van der Waals surface area contributed by atoms with E-state index < -0.39 is 0 Å². The summed E-state index contributed by atoms with van der Waals surface area (Å²) in [4.78, 5) is 27.5. The molecule has 23 heavy (non-hydrogen) atoms. The number of hydrazone groups is 1. The molecule has 0 saturated heterocycles. The Labute approximate surface area is 134 Å². The average Bonchev–Trinajstić information content (AvgIpc) is 2.56. The largest absolute Gasteiger partial charge is 0.326 e. The van der Waals surface area contributed by atoms with Crippen molar-refractivity contribution in [3.05, 3.63) is 59.9 Å². The van der Waals surface area contributed by atoms with E-state index in [9.17, 15) is 9.59 Å². The number of benzene rings is 1. The molecule has 6 nitrogen and oxygen atoms in total. The lowest BCUT2D eigenvalue weighted by Gasteiger charge is -2.08. The van der Waals surface area contributed by atoms with Crippen LogP contribution < -0.4 is 10.7 Å². The van der Waals surface area contributed by atoms with Gasteiger partial charge in [-0.05, 0) is 30.3 Å². The molecule has 2 rings (SSSR count). The number of nitrogens with one attached hydrogen (secondary N) is 2. The van der Waals surface area contributed by atoms with Crippen molar-refractivity contribution in [3.63, 3.8) is 0 Å². The Morgan fingerprint density at radius 2 is 1.91 bits per heavy atom. The fraction of sp³-hybridized carbons (Fsp3) is 0.176. The predicted octanol–water partition coefficient (Wildman–Crippen LogP) is 2.44. The van der Waals surface area contributed by atoms with Crippen molar-refractivity contribution < 1.29 is 9.59 Å². The standard InChI is InChI=1S/C17H18N4O2/c1-12(2)16(22)20-15-7-5-14(6-8-15)17(23)21-19-11-13-4-3-9-18-10-13/h3-12H,1-2H3,(H,20,22)(H,21,23)/b19-11+. The van der Waals surface area contributed by atoms with E-state index in [1.54, 1.807) is 42.7 Å². The molecule has 6 heteroatoms. The molecule has 1 heterocycles. The molecule has 0 atom stereocenters. The van der Waals surface area contributed by atoms with E-state index in [-0.39, 0.29) is 17.7 Å². The van der Waals surface area contributed by atoms with Crippen LogP contribution in [0.25, 0.3) is 0 Å². The second-order valence-corrected chi connectivity index (χ2v) is 5.21. The highest BCUT2D eigenvalue weighted by Gasteiger charge is 2.08. The zero-order valence-electron chi connectivity index (χ0n) is 13.0. The Morgan fingerprint density at radius 3 is 2.52 bits per heavy atom. The first-order valence-corrected chi connectivity index (χ1v) is 7.20. The number of aromatic nitrogens is 1. The molecule has 2 amide bonds. The lowest BCUT2D eigenvalue weighted by Crippen LogP contribution is -2.19. The lowest BCUT2D eigenvalue weighted by atomic mass is 10.1. The first kappa shape index (κ1) is 16.4. The Kier molecular flexibility index (Phi) is 5.57. The van der Waals surface area contributed by atoms with Crippen LogP contribution >= 0.6 is 0 Å². The van der Waals surface area contributed by atoms with Crippen LogP contribution in [0.15, 0.2) is 53.9 Å². The maximum atomic E-state index is 11.9. The number of rotatable bonds is 5. The summed E-state index contributed by atoms with van der Waals surface area (Å²) >= 11 is 0. The maximum Gasteiger partial charge on any atom is 0.271 e. The van der Waals surface area contributed by atoms with E-state index >= 15 is 0 Å². The zero-order valence-corrected chi connectivity index (χ0v) is 13.0. The van der Waals surface area contributed by atoms with Crippen molar-refractivity contribution in [1.29, 1.82) is 0 Å². The van der Waals surface area contributed by atoms with Crippen LogP contribution in [0.5, 0.6) is 0 Å². The van der Waals surface area contributed by atoms with Gasteiger partial charge in [-0.3, -0.25) is 14.6 Å². The average molecular weight is 310 g/mol. The van der Waals surface area contributed by atoms with Crippen molar-refractivity contribution in [3.8, 4) is 0 Å². The molecule has 118 valence electrons. The van der Waals surface area contributed by atoms with Gasteiger partial charge in [-0.1, -0.05) is 19.9 Å². The van der Waals surface area contributed by atoms with Gasteiger partial charge >= 0.3 is 0 Å². The number of carbonyl (C=O) groups excluding carboxylic acids is 2. The summed E-state index contributed by atoms with van der Waals surface area (Å²) < 4.78 is 0. The van der Waals surface area contributed by atoms with Gasteiger partial charge in [0.25, 0.3) is 5.91 Å². The first-order valence-electron chi connectivity index (χ1n) is 7.20. The van der Waals surface area contributed by atoms with E-state index in [2.05, 4.69) is 20.8 Å². The van der Waals surface area contributed by atoms with E-state index in [0.717, 1.165) is 5.56 Å². The minimum atomic E-state index is -0.327. The normalized spacial score (nSPS) is 10.7. The van der Waals surface area contributed by atoms with E-state index in [0.29, 0.717) is 11.3 Å². The summed E-state index contributed by atoms with van der Waals surface area (Å²) in [5.74, 6) is -0.491. The summed E-state index contributed by atoms with van der Waals surface area (Å²) in [6.07, 6.45) is 4.82. The quantitative estimate of drug-likeness (QED) is 0.657. The van der Waals surface area contributed by atoms with Crippen LogP contribution in [0, 0.1) is 5.92 Å². The third kappa shape index (κ3) is 5.03. The van der Waals surface area contributed by atoms with Crippen molar-refractivity contribution in [2.24, 2.45) is 11.0 Å². The molecule has 1 aromatic heterocycles. The van der Waals surface area contributed by atoms with Crippen LogP contribution in [0.3, 0.4) is 0 Å². The van der Waals surface area contributed by atoms with Gasteiger partial charge in [-0.15, -0.1) is 0 Å². The van der Waals surface area contributed by atoms with Gasteiger partial charge in [-0.2, -0.15) is 5.10 Å². The second-order valence-electron chi connectivity index (χ2n) is 5.21. The molecule has 1 aromatic carbocycles. The van der Waals surface area contributed by atoms with Gasteiger partial charge in [0.2, 0.25) is 5.91 Å². The van der Waals surface area contributed by atoms with E-state index in [1.165, 1.54) is 6.21 Å². The number of pyridine rings is 1. The van der Waals surface area contributed by atoms with Crippen molar-refractivity contribution >= 4 is 23.7 Å². The number of hydrogen-bond donors (Lipinski definition) is 2. The summed E-state index contributed by atoms with van der Waals surface area (Å²) in [6, 6.07) is 10.2. The highest BCUT2D eigenvalue weighted by atomic mass is 16.2. The number of anilines is 1. The van der Waals surface area contributed by atoms with Crippen LogP contribution in [-0.4, -0.2) is 23.0 Å². The topological polar surface area (TPSA) is 83.5 Å². The smallest absolute Gasteiger partial charge is 0.271 e. The third-order valence-electron chi connectivity index (χ3n) is 3.00. The van der Waals surface area contributed by atoms with Gasteiger partial charge in [0.1, 0.15) is 0 Å². The van der Waals surface area contributed by atoms with Crippen LogP contribution in [0.2, 0.25) is 0 Å². The Hall–Kier alpha value is -3.02. The minimum absolute atomic E-state index is 0.0664. The predicted molar refractivity (Wildman–Crippen MR) is 89.2 cm³/mol. The number of carbonyl (C=O) groups is 2. The molecule has 0 fully saturated rings. The molecule has 0 aliphatic heterocycles. The molecule has 0 saturated carbocycles. The Bertz CT molecular complexity index is 694. The number of amides is 2. The lowest BCUT2D eigenvalue weighted by molar-refractivity contribution is -0.118.